The maximum atomic E-state index is 13.4. The smallest absolute Gasteiger partial charge is 0.330 e. The number of hydrogen-bond acceptors (Lipinski definition) is 3. The van der Waals surface area contributed by atoms with E-state index in [1.807, 2.05) is 0 Å². The first-order valence-electron chi connectivity index (χ1n) is 4.96. The van der Waals surface area contributed by atoms with Gasteiger partial charge < -0.3 is 9.47 Å². The van der Waals surface area contributed by atoms with Gasteiger partial charge in [-0.3, -0.25) is 0 Å². The fourth-order valence-electron chi connectivity index (χ4n) is 1.23. The maximum absolute atomic E-state index is 13.4. The van der Waals surface area contributed by atoms with Crippen LogP contribution in [-0.4, -0.2) is 19.7 Å². The molecule has 0 radical (unpaired) electrons. The first kappa shape index (κ1) is 13.5. The molecule has 0 fully saturated rings. The zero-order valence-electron chi connectivity index (χ0n) is 9.50. The van der Waals surface area contributed by atoms with E-state index >= 15 is 0 Å². The summed E-state index contributed by atoms with van der Waals surface area (Å²) in [4.78, 5) is 11.0. The van der Waals surface area contributed by atoms with E-state index in [0.29, 0.717) is 12.2 Å². The quantitative estimate of drug-likeness (QED) is 0.615. The Kier molecular flexibility index (Phi) is 4.97. The second-order valence-corrected chi connectivity index (χ2v) is 3.51. The molecule has 0 N–H and O–H groups in total. The van der Waals surface area contributed by atoms with E-state index in [2.05, 4.69) is 0 Å². The van der Waals surface area contributed by atoms with Crippen molar-refractivity contribution in [2.45, 2.75) is 6.92 Å². The normalized spacial score (nSPS) is 10.6. The molecule has 1 aromatic carbocycles. The summed E-state index contributed by atoms with van der Waals surface area (Å²) in [6.07, 6.45) is 2.63. The average molecular weight is 259 g/mol. The minimum atomic E-state index is -0.580. The maximum Gasteiger partial charge on any atom is 0.330 e. The third-order valence-corrected chi connectivity index (χ3v) is 2.20. The van der Waals surface area contributed by atoms with Gasteiger partial charge in [0, 0.05) is 6.08 Å². The Morgan fingerprint density at radius 3 is 2.76 bits per heavy atom. The first-order valence-corrected chi connectivity index (χ1v) is 5.34. The van der Waals surface area contributed by atoms with Crippen LogP contribution in [0.15, 0.2) is 18.2 Å². The third-order valence-electron chi connectivity index (χ3n) is 1.92. The molecular weight excluding hydrogens is 247 g/mol. The van der Waals surface area contributed by atoms with Crippen LogP contribution >= 0.6 is 11.6 Å². The monoisotopic (exact) mass is 258 g/mol. The predicted molar refractivity (Wildman–Crippen MR) is 63.6 cm³/mol. The number of rotatable bonds is 4. The van der Waals surface area contributed by atoms with Gasteiger partial charge in [-0.2, -0.15) is 0 Å². The summed E-state index contributed by atoms with van der Waals surface area (Å²) in [5, 5.41) is 0.149. The Labute approximate surface area is 104 Å². The highest BCUT2D eigenvalue weighted by molar-refractivity contribution is 6.32. The summed E-state index contributed by atoms with van der Waals surface area (Å²) in [6, 6.07) is 2.72. The van der Waals surface area contributed by atoms with Crippen LogP contribution in [0, 0.1) is 5.82 Å². The van der Waals surface area contributed by atoms with E-state index in [1.54, 1.807) is 6.92 Å². The highest BCUT2D eigenvalue weighted by Gasteiger charge is 2.08. The summed E-state index contributed by atoms with van der Waals surface area (Å²) >= 11 is 5.80. The van der Waals surface area contributed by atoms with Crippen molar-refractivity contribution in [3.63, 3.8) is 0 Å². The van der Waals surface area contributed by atoms with E-state index in [9.17, 15) is 9.18 Å². The second-order valence-electron chi connectivity index (χ2n) is 3.10. The van der Waals surface area contributed by atoms with Crippen molar-refractivity contribution in [3.8, 4) is 5.75 Å². The molecule has 0 aromatic heterocycles. The Balaban J connectivity index is 2.90. The molecule has 0 aliphatic carbocycles. The minimum absolute atomic E-state index is 0.0139. The number of carbonyl (C=O) groups is 1. The van der Waals surface area contributed by atoms with Crippen LogP contribution in [0.2, 0.25) is 5.02 Å². The van der Waals surface area contributed by atoms with Crippen LogP contribution in [0.3, 0.4) is 0 Å². The lowest BCUT2D eigenvalue weighted by atomic mass is 10.2. The molecule has 0 saturated carbocycles. The van der Waals surface area contributed by atoms with Crippen molar-refractivity contribution in [1.82, 2.24) is 0 Å². The zero-order chi connectivity index (χ0) is 12.8. The van der Waals surface area contributed by atoms with Gasteiger partial charge in [-0.1, -0.05) is 11.6 Å². The van der Waals surface area contributed by atoms with Crippen LogP contribution in [-0.2, 0) is 9.53 Å². The standard InChI is InChI=1S/C12H12ClFO3/c1-3-17-11(15)5-4-8-6-9(13)12(16-2)10(14)7-8/h4-7H,3H2,1-2H3/b5-4+. The topological polar surface area (TPSA) is 35.5 Å². The lowest BCUT2D eigenvalue weighted by Crippen LogP contribution is -1.98. The Morgan fingerprint density at radius 2 is 2.24 bits per heavy atom. The molecule has 0 amide bonds. The molecule has 17 heavy (non-hydrogen) atoms. The number of benzene rings is 1. The van der Waals surface area contributed by atoms with Crippen molar-refractivity contribution in [1.29, 1.82) is 0 Å². The highest BCUT2D eigenvalue weighted by atomic mass is 35.5. The van der Waals surface area contributed by atoms with Crippen molar-refractivity contribution >= 4 is 23.6 Å². The Hall–Kier alpha value is -1.55. The van der Waals surface area contributed by atoms with Crippen LogP contribution < -0.4 is 4.74 Å². The molecule has 0 bridgehead atoms. The molecule has 1 aromatic rings. The van der Waals surface area contributed by atoms with Crippen LogP contribution in [0.1, 0.15) is 12.5 Å². The molecule has 0 saturated heterocycles. The summed E-state index contributed by atoms with van der Waals surface area (Å²) in [6.45, 7) is 2.00. The SMILES string of the molecule is CCOC(=O)/C=C/c1cc(F)c(OC)c(Cl)c1. The van der Waals surface area contributed by atoms with Gasteiger partial charge in [0.15, 0.2) is 11.6 Å². The summed E-state index contributed by atoms with van der Waals surface area (Å²) in [5.74, 6) is -1.08. The first-order chi connectivity index (χ1) is 8.08. The average Bonchev–Trinajstić information content (AvgIpc) is 2.26. The zero-order valence-corrected chi connectivity index (χ0v) is 10.3. The van der Waals surface area contributed by atoms with Gasteiger partial charge in [0.1, 0.15) is 0 Å². The minimum Gasteiger partial charge on any atom is -0.492 e. The predicted octanol–water partition coefficient (Wildman–Crippen LogP) is 3.06. The van der Waals surface area contributed by atoms with Gasteiger partial charge in [-0.05, 0) is 30.7 Å². The molecule has 0 unspecified atom stereocenters. The number of esters is 1. The van der Waals surface area contributed by atoms with Gasteiger partial charge >= 0.3 is 5.97 Å². The molecule has 0 aliphatic heterocycles. The van der Waals surface area contributed by atoms with E-state index in [0.717, 1.165) is 0 Å². The summed E-state index contributed by atoms with van der Waals surface area (Å²) in [7, 11) is 1.33. The van der Waals surface area contributed by atoms with Gasteiger partial charge in [0.25, 0.3) is 0 Å². The van der Waals surface area contributed by atoms with Crippen molar-refractivity contribution < 1.29 is 18.7 Å². The van der Waals surface area contributed by atoms with E-state index in [1.165, 1.54) is 31.4 Å². The fourth-order valence-corrected chi connectivity index (χ4v) is 1.52. The van der Waals surface area contributed by atoms with Crippen LogP contribution in [0.25, 0.3) is 6.08 Å². The number of methoxy groups -OCH3 is 1. The van der Waals surface area contributed by atoms with E-state index in [4.69, 9.17) is 21.1 Å². The lowest BCUT2D eigenvalue weighted by Gasteiger charge is -2.05. The van der Waals surface area contributed by atoms with Crippen molar-refractivity contribution in [2.75, 3.05) is 13.7 Å². The number of halogens is 2. The second kappa shape index (κ2) is 6.25. The molecule has 0 spiro atoms. The summed E-state index contributed by atoms with van der Waals surface area (Å²) in [5.41, 5.74) is 0.460. The Bertz CT molecular complexity index is 420. The molecule has 0 heterocycles. The third kappa shape index (κ3) is 3.75. The molecular formula is C12H12ClFO3. The fraction of sp³-hybridized carbons (Fsp3) is 0.250. The van der Waals surface area contributed by atoms with Crippen LogP contribution in [0.4, 0.5) is 4.39 Å². The molecule has 92 valence electrons. The van der Waals surface area contributed by atoms with E-state index in [-0.39, 0.29) is 10.8 Å². The van der Waals surface area contributed by atoms with E-state index < -0.39 is 11.8 Å². The Morgan fingerprint density at radius 1 is 1.53 bits per heavy atom. The van der Waals surface area contributed by atoms with Crippen LogP contribution in [0.5, 0.6) is 5.75 Å². The van der Waals surface area contributed by atoms with Gasteiger partial charge in [-0.15, -0.1) is 0 Å². The van der Waals surface area contributed by atoms with Gasteiger partial charge in [0.05, 0.1) is 18.7 Å². The molecule has 0 atom stereocenters. The largest absolute Gasteiger partial charge is 0.492 e. The number of ether oxygens (including phenoxy) is 2. The molecule has 0 aliphatic rings. The lowest BCUT2D eigenvalue weighted by molar-refractivity contribution is -0.137. The van der Waals surface area contributed by atoms with Crippen molar-refractivity contribution in [3.05, 3.63) is 34.6 Å². The highest BCUT2D eigenvalue weighted by Crippen LogP contribution is 2.29. The molecule has 3 nitrogen and oxygen atoms in total. The number of carbonyl (C=O) groups excluding carboxylic acids is 1. The van der Waals surface area contributed by atoms with Gasteiger partial charge in [0.2, 0.25) is 0 Å². The van der Waals surface area contributed by atoms with Gasteiger partial charge in [-0.25, -0.2) is 9.18 Å². The summed E-state index contributed by atoms with van der Waals surface area (Å²) < 4.78 is 22.9. The molecule has 5 heteroatoms. The molecule has 1 rings (SSSR count). The van der Waals surface area contributed by atoms with Crippen molar-refractivity contribution in [2.24, 2.45) is 0 Å². The number of hydrogen-bond donors (Lipinski definition) is 0.